The van der Waals surface area contributed by atoms with Crippen LogP contribution >= 0.6 is 23.2 Å². The summed E-state index contributed by atoms with van der Waals surface area (Å²) in [4.78, 5) is 31.1. The Morgan fingerprint density at radius 3 is 2.26 bits per heavy atom. The highest BCUT2D eigenvalue weighted by atomic mass is 35.5. The van der Waals surface area contributed by atoms with Gasteiger partial charge in [-0.25, -0.2) is 0 Å². The number of Topliss-reactive ketones (excluding diaryl/α,β-unsaturated/α-hetero) is 1. The van der Waals surface area contributed by atoms with E-state index >= 15 is 0 Å². The summed E-state index contributed by atoms with van der Waals surface area (Å²) in [6.07, 6.45) is 8.78. The zero-order valence-electron chi connectivity index (χ0n) is 22.5. The molecule has 1 heterocycles. The van der Waals surface area contributed by atoms with E-state index in [-0.39, 0.29) is 51.7 Å². The van der Waals surface area contributed by atoms with E-state index < -0.39 is 11.7 Å². The predicted molar refractivity (Wildman–Crippen MR) is 149 cm³/mol. The highest BCUT2D eigenvalue weighted by Gasteiger charge is 2.33. The first kappa shape index (κ1) is 30.5. The highest BCUT2D eigenvalue weighted by Crippen LogP contribution is 2.34. The second-order valence-corrected chi connectivity index (χ2v) is 12.0. The van der Waals surface area contributed by atoms with Gasteiger partial charge in [0.25, 0.3) is 5.91 Å². The number of aromatic nitrogens is 1. The number of nitrogens with zero attached hydrogens (tertiary/aromatic N) is 2. The molecule has 0 radical (unpaired) electrons. The number of pyridine rings is 1. The van der Waals surface area contributed by atoms with Gasteiger partial charge in [-0.3, -0.25) is 14.6 Å². The molecule has 0 aliphatic heterocycles. The van der Waals surface area contributed by atoms with Crippen molar-refractivity contribution in [2.24, 2.45) is 11.8 Å². The largest absolute Gasteiger partial charge is 0.390 e. The molecule has 2 saturated carbocycles. The molecule has 10 heteroatoms. The molecule has 1 aromatic rings. The van der Waals surface area contributed by atoms with Crippen molar-refractivity contribution in [1.82, 2.24) is 15.2 Å². The lowest BCUT2D eigenvalue weighted by atomic mass is 9.79. The number of carbonyl (C=O) groups is 2. The summed E-state index contributed by atoms with van der Waals surface area (Å²) in [7, 11) is 0. The average molecular weight is 568 g/mol. The van der Waals surface area contributed by atoms with Gasteiger partial charge >= 0.3 is 0 Å². The highest BCUT2D eigenvalue weighted by molar-refractivity contribution is 6.35. The van der Waals surface area contributed by atoms with Crippen LogP contribution in [0.25, 0.3) is 0 Å². The first-order chi connectivity index (χ1) is 17.9. The lowest BCUT2D eigenvalue weighted by Gasteiger charge is -2.36. The third-order valence-electron chi connectivity index (χ3n) is 8.07. The van der Waals surface area contributed by atoms with Gasteiger partial charge in [0, 0.05) is 48.4 Å². The molecule has 2 aliphatic carbocycles. The SMILES string of the molecule is C/C(N[C@H]1CC[C@H](C(C)=O)CC1)=C(/C=N)C(=O)N(CC1CCC(C)(O)CC1)CC(O)c1c(Cl)cncc1Cl. The number of aliphatic hydroxyl groups is 2. The molecule has 0 saturated heterocycles. The van der Waals surface area contributed by atoms with E-state index in [4.69, 9.17) is 28.6 Å². The number of hydrogen-bond acceptors (Lipinski definition) is 7. The summed E-state index contributed by atoms with van der Waals surface area (Å²) >= 11 is 12.5. The molecule has 0 spiro atoms. The number of ketones is 1. The smallest absolute Gasteiger partial charge is 0.257 e. The molecule has 38 heavy (non-hydrogen) atoms. The van der Waals surface area contributed by atoms with Crippen LogP contribution in [0.3, 0.4) is 0 Å². The van der Waals surface area contributed by atoms with Crippen molar-refractivity contribution in [3.63, 3.8) is 0 Å². The fourth-order valence-corrected chi connectivity index (χ4v) is 6.22. The van der Waals surface area contributed by atoms with Gasteiger partial charge in [-0.2, -0.15) is 0 Å². The lowest BCUT2D eigenvalue weighted by Crippen LogP contribution is -2.43. The van der Waals surface area contributed by atoms with Crippen LogP contribution in [0.4, 0.5) is 0 Å². The molecule has 0 bridgehead atoms. The molecule has 1 atom stereocenters. The van der Waals surface area contributed by atoms with Gasteiger partial charge in [0.1, 0.15) is 5.78 Å². The van der Waals surface area contributed by atoms with Crippen molar-refractivity contribution in [1.29, 1.82) is 5.41 Å². The van der Waals surface area contributed by atoms with E-state index in [1.165, 1.54) is 12.4 Å². The van der Waals surface area contributed by atoms with Crippen LogP contribution in [0.1, 0.15) is 83.8 Å². The fraction of sp³-hybridized carbons (Fsp3) is 0.643. The van der Waals surface area contributed by atoms with Crippen molar-refractivity contribution < 1.29 is 19.8 Å². The normalized spacial score (nSPS) is 27.2. The Kier molecular flexibility index (Phi) is 10.7. The van der Waals surface area contributed by atoms with Crippen LogP contribution in [0.15, 0.2) is 23.7 Å². The molecule has 2 aliphatic rings. The second kappa shape index (κ2) is 13.4. The third-order valence-corrected chi connectivity index (χ3v) is 8.67. The molecule has 8 nitrogen and oxygen atoms in total. The van der Waals surface area contributed by atoms with Crippen LogP contribution in [0.5, 0.6) is 0 Å². The van der Waals surface area contributed by atoms with Crippen LogP contribution in [0, 0.1) is 17.2 Å². The number of aliphatic hydroxyl groups excluding tert-OH is 1. The van der Waals surface area contributed by atoms with Crippen molar-refractivity contribution >= 4 is 41.1 Å². The Labute approximate surface area is 235 Å². The Hall–Kier alpha value is -2.00. The number of carbonyl (C=O) groups excluding carboxylic acids is 2. The minimum absolute atomic E-state index is 0.0521. The van der Waals surface area contributed by atoms with Crippen molar-refractivity contribution in [3.8, 4) is 0 Å². The summed E-state index contributed by atoms with van der Waals surface area (Å²) in [5.41, 5.74) is 0.429. The number of amides is 1. The standard InChI is InChI=1S/C28H40Cl2N4O4/c1-17(33-21-6-4-20(5-7-21)18(2)35)22(12-31)27(37)34(15-19-8-10-28(3,38)11-9-19)16-25(36)26-23(29)13-32-14-24(26)30/h12-14,19-21,25,31,33,36,38H,4-11,15-16H2,1-3H3/b22-17+,31-12?/t19?,20-,21-,25?,28?. The average Bonchev–Trinajstić information content (AvgIpc) is 2.85. The molecule has 2 fully saturated rings. The van der Waals surface area contributed by atoms with Crippen molar-refractivity contribution in [2.75, 3.05) is 13.1 Å². The molecule has 3 rings (SSSR count). The van der Waals surface area contributed by atoms with Gasteiger partial charge in [-0.15, -0.1) is 0 Å². The van der Waals surface area contributed by atoms with E-state index in [0.717, 1.165) is 44.7 Å². The predicted octanol–water partition coefficient (Wildman–Crippen LogP) is 4.85. The molecule has 0 aromatic carbocycles. The van der Waals surface area contributed by atoms with Crippen molar-refractivity contribution in [2.45, 2.75) is 89.9 Å². The molecule has 1 amide bonds. The summed E-state index contributed by atoms with van der Waals surface area (Å²) in [5.74, 6) is 0.108. The number of nitrogens with one attached hydrogen (secondary N) is 2. The molecule has 1 unspecified atom stereocenters. The Morgan fingerprint density at radius 1 is 1.16 bits per heavy atom. The molecule has 210 valence electrons. The van der Waals surface area contributed by atoms with Crippen LogP contribution in [0.2, 0.25) is 10.0 Å². The maximum Gasteiger partial charge on any atom is 0.257 e. The van der Waals surface area contributed by atoms with Gasteiger partial charge in [0.2, 0.25) is 0 Å². The quantitative estimate of drug-likeness (QED) is 0.237. The Bertz CT molecular complexity index is 1020. The fourth-order valence-electron chi connectivity index (χ4n) is 5.60. The number of allylic oxidation sites excluding steroid dienone is 1. The number of halogens is 2. The van der Waals surface area contributed by atoms with E-state index in [2.05, 4.69) is 10.3 Å². The second-order valence-electron chi connectivity index (χ2n) is 11.2. The molecule has 4 N–H and O–H groups in total. The summed E-state index contributed by atoms with van der Waals surface area (Å²) in [6, 6.07) is 0.127. The van der Waals surface area contributed by atoms with E-state index in [1.54, 1.807) is 18.7 Å². The number of rotatable bonds is 10. The zero-order chi connectivity index (χ0) is 28.0. The zero-order valence-corrected chi connectivity index (χ0v) is 24.0. The first-order valence-corrected chi connectivity index (χ1v) is 14.1. The third kappa shape index (κ3) is 8.01. The van der Waals surface area contributed by atoms with E-state index in [9.17, 15) is 19.8 Å². The minimum Gasteiger partial charge on any atom is -0.390 e. The van der Waals surface area contributed by atoms with E-state index in [0.29, 0.717) is 30.6 Å². The van der Waals surface area contributed by atoms with Gasteiger partial charge < -0.3 is 25.8 Å². The molecular weight excluding hydrogens is 527 g/mol. The summed E-state index contributed by atoms with van der Waals surface area (Å²) < 4.78 is 0. The summed E-state index contributed by atoms with van der Waals surface area (Å²) in [5, 5.41) is 33.3. The van der Waals surface area contributed by atoms with Crippen molar-refractivity contribution in [3.05, 3.63) is 39.3 Å². The van der Waals surface area contributed by atoms with Gasteiger partial charge in [0.05, 0.1) is 33.9 Å². The van der Waals surface area contributed by atoms with E-state index in [1.807, 2.05) is 6.92 Å². The van der Waals surface area contributed by atoms with Crippen LogP contribution in [-0.4, -0.2) is 62.7 Å². The Morgan fingerprint density at radius 2 is 1.74 bits per heavy atom. The maximum atomic E-state index is 13.8. The van der Waals surface area contributed by atoms with Crippen LogP contribution in [-0.2, 0) is 9.59 Å². The molecular formula is C28H40Cl2N4O4. The molecule has 1 aromatic heterocycles. The minimum atomic E-state index is -1.14. The van der Waals surface area contributed by atoms with Gasteiger partial charge in [-0.1, -0.05) is 23.2 Å². The van der Waals surface area contributed by atoms with Gasteiger partial charge in [0.15, 0.2) is 0 Å². The maximum absolute atomic E-state index is 13.8. The summed E-state index contributed by atoms with van der Waals surface area (Å²) in [6.45, 7) is 5.58. The first-order valence-electron chi connectivity index (χ1n) is 13.4. The van der Waals surface area contributed by atoms with Gasteiger partial charge in [-0.05, 0) is 78.1 Å². The monoisotopic (exact) mass is 566 g/mol. The van der Waals surface area contributed by atoms with Crippen LogP contribution < -0.4 is 5.32 Å². The Balaban J connectivity index is 1.80. The lowest BCUT2D eigenvalue weighted by molar-refractivity contribution is -0.129. The topological polar surface area (TPSA) is 127 Å². The number of hydrogen-bond donors (Lipinski definition) is 4.